The Morgan fingerprint density at radius 2 is 2.27 bits per heavy atom. The molecule has 0 amide bonds. The highest BCUT2D eigenvalue weighted by molar-refractivity contribution is 7.09. The van der Waals surface area contributed by atoms with E-state index in [9.17, 15) is 5.11 Å². The number of nitrogens with zero attached hydrogens (tertiary/aromatic N) is 2. The van der Waals surface area contributed by atoms with Gasteiger partial charge in [-0.3, -0.25) is 4.90 Å². The summed E-state index contributed by atoms with van der Waals surface area (Å²) in [5.74, 6) is 0. The number of aromatic nitrogens is 1. The van der Waals surface area contributed by atoms with Gasteiger partial charge in [-0.05, 0) is 39.2 Å². The van der Waals surface area contributed by atoms with E-state index in [0.717, 1.165) is 49.7 Å². The van der Waals surface area contributed by atoms with Crippen LogP contribution >= 0.6 is 11.3 Å². The summed E-state index contributed by atoms with van der Waals surface area (Å²) in [5, 5.41) is 13.6. The highest BCUT2D eigenvalue weighted by atomic mass is 32.1. The summed E-state index contributed by atoms with van der Waals surface area (Å²) in [6.07, 6.45) is 4.02. The summed E-state index contributed by atoms with van der Waals surface area (Å²) in [6, 6.07) is 0.364. The highest BCUT2D eigenvalue weighted by Crippen LogP contribution is 2.32. The van der Waals surface area contributed by atoms with Crippen molar-refractivity contribution in [3.63, 3.8) is 0 Å². The number of aliphatic hydroxyl groups is 1. The van der Waals surface area contributed by atoms with Gasteiger partial charge in [0.25, 0.3) is 0 Å². The third-order valence-corrected chi connectivity index (χ3v) is 5.27. The predicted molar refractivity (Wildman–Crippen MR) is 86.2 cm³/mol. The van der Waals surface area contributed by atoms with Crippen LogP contribution in [-0.2, 0) is 9.47 Å². The van der Waals surface area contributed by atoms with E-state index < -0.39 is 6.10 Å². The fourth-order valence-corrected chi connectivity index (χ4v) is 3.99. The van der Waals surface area contributed by atoms with Gasteiger partial charge in [0, 0.05) is 25.1 Å². The lowest BCUT2D eigenvalue weighted by Crippen LogP contribution is -2.36. The lowest BCUT2D eigenvalue weighted by atomic mass is 10.1. The molecule has 1 unspecified atom stereocenters. The summed E-state index contributed by atoms with van der Waals surface area (Å²) in [4.78, 5) is 6.97. The molecular formula is C16H26N2O3S. The Balaban J connectivity index is 1.46. The van der Waals surface area contributed by atoms with E-state index >= 15 is 0 Å². The van der Waals surface area contributed by atoms with Gasteiger partial charge in [-0.15, -0.1) is 11.3 Å². The van der Waals surface area contributed by atoms with Gasteiger partial charge in [-0.1, -0.05) is 0 Å². The van der Waals surface area contributed by atoms with E-state index in [2.05, 4.69) is 15.3 Å². The fourth-order valence-electron chi connectivity index (χ4n) is 3.33. The van der Waals surface area contributed by atoms with Crippen LogP contribution in [-0.4, -0.2) is 60.1 Å². The van der Waals surface area contributed by atoms with Crippen LogP contribution in [0.25, 0.3) is 0 Å². The Labute approximate surface area is 136 Å². The van der Waals surface area contributed by atoms with E-state index in [1.165, 1.54) is 6.42 Å². The van der Waals surface area contributed by atoms with Crippen LogP contribution < -0.4 is 0 Å². The first-order chi connectivity index (χ1) is 10.7. The van der Waals surface area contributed by atoms with Crippen LogP contribution in [0.1, 0.15) is 42.4 Å². The van der Waals surface area contributed by atoms with Gasteiger partial charge in [-0.25, -0.2) is 4.98 Å². The van der Waals surface area contributed by atoms with Crippen LogP contribution in [0.15, 0.2) is 5.38 Å². The molecular weight excluding hydrogens is 300 g/mol. The standard InChI is InChI=1S/C16H26N2O3S/c1-12-17-15(11-22-12)16-3-2-6-18(16)9-13(19)10-21-14-4-7-20-8-5-14/h11,13-14,16,19H,2-10H2,1H3/t13?,16-/m1/s1. The summed E-state index contributed by atoms with van der Waals surface area (Å²) >= 11 is 1.70. The number of rotatable bonds is 6. The number of β-amino-alcohol motifs (C(OH)–C–C–N with tert-alkyl or cyclic N) is 1. The van der Waals surface area contributed by atoms with Crippen LogP contribution in [0.4, 0.5) is 0 Å². The third kappa shape index (κ3) is 4.26. The SMILES string of the molecule is Cc1nc([C@H]2CCCN2CC(O)COC2CCOCC2)cs1. The van der Waals surface area contributed by atoms with Gasteiger partial charge in [0.05, 0.1) is 35.6 Å². The van der Waals surface area contributed by atoms with Crippen LogP contribution in [0, 0.1) is 6.92 Å². The molecule has 3 rings (SSSR count). The molecule has 22 heavy (non-hydrogen) atoms. The second-order valence-electron chi connectivity index (χ2n) is 6.24. The molecule has 6 heteroatoms. The number of hydrogen-bond acceptors (Lipinski definition) is 6. The van der Waals surface area contributed by atoms with Gasteiger partial charge in [-0.2, -0.15) is 0 Å². The predicted octanol–water partition coefficient (Wildman–Crippen LogP) is 2.14. The Morgan fingerprint density at radius 1 is 1.45 bits per heavy atom. The summed E-state index contributed by atoms with van der Waals surface area (Å²) in [6.45, 7) is 5.73. The molecule has 2 fully saturated rings. The first-order valence-electron chi connectivity index (χ1n) is 8.26. The van der Waals surface area contributed by atoms with Gasteiger partial charge < -0.3 is 14.6 Å². The molecule has 0 bridgehead atoms. The van der Waals surface area contributed by atoms with Crippen LogP contribution in [0.5, 0.6) is 0 Å². The van der Waals surface area contributed by atoms with Gasteiger partial charge in [0.2, 0.25) is 0 Å². The van der Waals surface area contributed by atoms with Crippen molar-refractivity contribution < 1.29 is 14.6 Å². The number of likely N-dealkylation sites (tertiary alicyclic amines) is 1. The maximum Gasteiger partial charge on any atom is 0.0900 e. The second-order valence-corrected chi connectivity index (χ2v) is 7.31. The van der Waals surface area contributed by atoms with Crippen molar-refractivity contribution in [3.05, 3.63) is 16.1 Å². The van der Waals surface area contributed by atoms with Crippen molar-refractivity contribution in [1.29, 1.82) is 0 Å². The van der Waals surface area contributed by atoms with Gasteiger partial charge >= 0.3 is 0 Å². The second kappa shape index (κ2) is 7.84. The molecule has 2 aliphatic rings. The average Bonchev–Trinajstić information content (AvgIpc) is 3.15. The minimum absolute atomic E-state index is 0.249. The van der Waals surface area contributed by atoms with Crippen molar-refractivity contribution in [3.8, 4) is 0 Å². The molecule has 0 aromatic carbocycles. The molecule has 2 aliphatic heterocycles. The van der Waals surface area contributed by atoms with E-state index in [1.807, 2.05) is 6.92 Å². The monoisotopic (exact) mass is 326 g/mol. The Morgan fingerprint density at radius 3 is 3.00 bits per heavy atom. The number of aliphatic hydroxyl groups excluding tert-OH is 1. The molecule has 2 saturated heterocycles. The van der Waals surface area contributed by atoms with Crippen molar-refractivity contribution >= 4 is 11.3 Å². The summed E-state index contributed by atoms with van der Waals surface area (Å²) < 4.78 is 11.2. The number of thiazole rings is 1. The minimum Gasteiger partial charge on any atom is -0.389 e. The smallest absolute Gasteiger partial charge is 0.0900 e. The molecule has 2 atom stereocenters. The van der Waals surface area contributed by atoms with Crippen molar-refractivity contribution in [2.45, 2.75) is 50.9 Å². The molecule has 1 N–H and O–H groups in total. The molecule has 3 heterocycles. The van der Waals surface area contributed by atoms with Gasteiger partial charge in [0.1, 0.15) is 0 Å². The van der Waals surface area contributed by atoms with Gasteiger partial charge in [0.15, 0.2) is 0 Å². The van der Waals surface area contributed by atoms with E-state index in [1.54, 1.807) is 11.3 Å². The first-order valence-corrected chi connectivity index (χ1v) is 9.14. The number of aryl methyl sites for hydroxylation is 1. The minimum atomic E-state index is -0.428. The summed E-state index contributed by atoms with van der Waals surface area (Å²) in [7, 11) is 0. The maximum absolute atomic E-state index is 10.3. The zero-order valence-corrected chi connectivity index (χ0v) is 14.1. The van der Waals surface area contributed by atoms with Crippen molar-refractivity contribution in [1.82, 2.24) is 9.88 Å². The Bertz CT molecular complexity index is 462. The quantitative estimate of drug-likeness (QED) is 0.868. The van der Waals surface area contributed by atoms with Crippen molar-refractivity contribution in [2.75, 3.05) is 32.9 Å². The third-order valence-electron chi connectivity index (χ3n) is 4.48. The molecule has 1 aromatic rings. The first kappa shape index (κ1) is 16.3. The lowest BCUT2D eigenvalue weighted by molar-refractivity contribution is -0.0647. The molecule has 0 spiro atoms. The lowest BCUT2D eigenvalue weighted by Gasteiger charge is -2.27. The normalized spacial score (nSPS) is 25.6. The fraction of sp³-hybridized carbons (Fsp3) is 0.812. The average molecular weight is 326 g/mol. The Kier molecular flexibility index (Phi) is 5.82. The maximum atomic E-state index is 10.3. The molecule has 0 saturated carbocycles. The number of hydrogen-bond donors (Lipinski definition) is 1. The van der Waals surface area contributed by atoms with Crippen LogP contribution in [0.2, 0.25) is 0 Å². The van der Waals surface area contributed by atoms with E-state index in [0.29, 0.717) is 19.2 Å². The topological polar surface area (TPSA) is 54.8 Å². The number of ether oxygens (including phenoxy) is 2. The van der Waals surface area contributed by atoms with Crippen LogP contribution in [0.3, 0.4) is 0 Å². The largest absolute Gasteiger partial charge is 0.389 e. The summed E-state index contributed by atoms with van der Waals surface area (Å²) in [5.41, 5.74) is 1.16. The highest BCUT2D eigenvalue weighted by Gasteiger charge is 2.29. The molecule has 0 aliphatic carbocycles. The van der Waals surface area contributed by atoms with E-state index in [-0.39, 0.29) is 6.10 Å². The zero-order valence-electron chi connectivity index (χ0n) is 13.2. The zero-order chi connectivity index (χ0) is 15.4. The molecule has 0 radical (unpaired) electrons. The molecule has 5 nitrogen and oxygen atoms in total. The van der Waals surface area contributed by atoms with E-state index in [4.69, 9.17) is 9.47 Å². The molecule has 124 valence electrons. The molecule has 1 aromatic heterocycles. The Hall–Kier alpha value is -0.530. The van der Waals surface area contributed by atoms with Crippen molar-refractivity contribution in [2.24, 2.45) is 0 Å².